The van der Waals surface area contributed by atoms with Gasteiger partial charge in [-0.15, -0.1) is 0 Å². The zero-order valence-corrected chi connectivity index (χ0v) is 10.4. The smallest absolute Gasteiger partial charge is 0.161 e. The Bertz CT molecular complexity index is 391. The van der Waals surface area contributed by atoms with Gasteiger partial charge in [0.15, 0.2) is 5.78 Å². The molecule has 1 heterocycles. The Morgan fingerprint density at radius 2 is 2.06 bits per heavy atom. The summed E-state index contributed by atoms with van der Waals surface area (Å²) in [6, 6.07) is 0. The second-order valence-electron chi connectivity index (χ2n) is 4.85. The average molecular weight is 217 g/mol. The largest absolute Gasteiger partial charge is 0.348 e. The minimum atomic E-state index is -0.0170. The first kappa shape index (κ1) is 12.5. The molecule has 0 bridgehead atoms. The molecule has 1 rings (SSSR count). The SMILES string of the molecule is C=C/C=C1/C=CN(C(C)(C)C)C=C1C(C)=O. The van der Waals surface area contributed by atoms with E-state index in [0.29, 0.717) is 0 Å². The zero-order chi connectivity index (χ0) is 12.3. The van der Waals surface area contributed by atoms with Crippen LogP contribution in [0.15, 0.2) is 48.4 Å². The molecule has 0 N–H and O–H groups in total. The maximum atomic E-state index is 11.6. The van der Waals surface area contributed by atoms with Crippen LogP contribution in [0, 0.1) is 0 Å². The number of nitrogens with zero attached hydrogens (tertiary/aromatic N) is 1. The van der Waals surface area contributed by atoms with E-state index in [2.05, 4.69) is 27.4 Å². The van der Waals surface area contributed by atoms with E-state index in [4.69, 9.17) is 0 Å². The molecule has 1 aliphatic heterocycles. The first-order valence-corrected chi connectivity index (χ1v) is 5.39. The van der Waals surface area contributed by atoms with Gasteiger partial charge in [-0.25, -0.2) is 0 Å². The standard InChI is InChI=1S/C14H19NO/c1-6-7-12-8-9-15(14(3,4)5)10-13(12)11(2)16/h6-10H,1H2,2-5H3/b12-7-. The highest BCUT2D eigenvalue weighted by Gasteiger charge is 2.21. The van der Waals surface area contributed by atoms with E-state index in [1.54, 1.807) is 13.0 Å². The Balaban J connectivity index is 3.13. The van der Waals surface area contributed by atoms with Crippen LogP contribution < -0.4 is 0 Å². The van der Waals surface area contributed by atoms with E-state index in [1.165, 1.54) is 0 Å². The normalized spacial score (nSPS) is 18.6. The van der Waals surface area contributed by atoms with Crippen LogP contribution in [-0.2, 0) is 4.79 Å². The summed E-state index contributed by atoms with van der Waals surface area (Å²) in [6.45, 7) is 11.6. The molecule has 2 heteroatoms. The van der Waals surface area contributed by atoms with Gasteiger partial charge in [0.1, 0.15) is 0 Å². The topological polar surface area (TPSA) is 20.3 Å². The van der Waals surface area contributed by atoms with Crippen molar-refractivity contribution in [3.63, 3.8) is 0 Å². The summed E-state index contributed by atoms with van der Waals surface area (Å²) in [5.74, 6) is 0.0756. The van der Waals surface area contributed by atoms with E-state index >= 15 is 0 Å². The van der Waals surface area contributed by atoms with Crippen molar-refractivity contribution >= 4 is 5.78 Å². The molecular weight excluding hydrogens is 198 g/mol. The first-order chi connectivity index (χ1) is 7.36. The number of rotatable bonds is 2. The molecule has 0 saturated heterocycles. The van der Waals surface area contributed by atoms with Gasteiger partial charge in [0.25, 0.3) is 0 Å². The fourth-order valence-electron chi connectivity index (χ4n) is 1.49. The summed E-state index contributed by atoms with van der Waals surface area (Å²) in [5, 5.41) is 0. The van der Waals surface area contributed by atoms with Crippen LogP contribution in [0.1, 0.15) is 27.7 Å². The zero-order valence-electron chi connectivity index (χ0n) is 10.4. The van der Waals surface area contributed by atoms with Gasteiger partial charge in [-0.1, -0.05) is 18.7 Å². The van der Waals surface area contributed by atoms with Crippen LogP contribution in [0.25, 0.3) is 0 Å². The van der Waals surface area contributed by atoms with Gasteiger partial charge < -0.3 is 4.90 Å². The number of hydrogen-bond acceptors (Lipinski definition) is 2. The summed E-state index contributed by atoms with van der Waals surface area (Å²) >= 11 is 0. The molecule has 1 aliphatic rings. The van der Waals surface area contributed by atoms with Gasteiger partial charge in [0, 0.05) is 23.5 Å². The lowest BCUT2D eigenvalue weighted by Crippen LogP contribution is -2.34. The highest BCUT2D eigenvalue weighted by molar-refractivity contribution is 5.98. The summed E-state index contributed by atoms with van der Waals surface area (Å²) in [4.78, 5) is 13.6. The van der Waals surface area contributed by atoms with Crippen molar-refractivity contribution in [2.24, 2.45) is 0 Å². The molecule has 0 aromatic heterocycles. The summed E-state index contributed by atoms with van der Waals surface area (Å²) < 4.78 is 0. The summed E-state index contributed by atoms with van der Waals surface area (Å²) in [7, 11) is 0. The van der Waals surface area contributed by atoms with Gasteiger partial charge in [0.2, 0.25) is 0 Å². The van der Waals surface area contributed by atoms with Gasteiger partial charge >= 0.3 is 0 Å². The molecule has 0 unspecified atom stereocenters. The molecule has 0 saturated carbocycles. The molecule has 0 aliphatic carbocycles. The number of carbonyl (C=O) groups is 1. The number of ketones is 1. The van der Waals surface area contributed by atoms with Gasteiger partial charge in [-0.2, -0.15) is 0 Å². The van der Waals surface area contributed by atoms with Crippen LogP contribution in [0.5, 0.6) is 0 Å². The number of carbonyl (C=O) groups excluding carboxylic acids is 1. The summed E-state index contributed by atoms with van der Waals surface area (Å²) in [6.07, 6.45) is 9.38. The van der Waals surface area contributed by atoms with Crippen LogP contribution in [0.2, 0.25) is 0 Å². The molecule has 0 atom stereocenters. The minimum absolute atomic E-state index is 0.0170. The lowest BCUT2D eigenvalue weighted by molar-refractivity contribution is -0.113. The van der Waals surface area contributed by atoms with Gasteiger partial charge in [-0.3, -0.25) is 4.79 Å². The first-order valence-electron chi connectivity index (χ1n) is 5.39. The van der Waals surface area contributed by atoms with Crippen molar-refractivity contribution in [3.8, 4) is 0 Å². The third-order valence-electron chi connectivity index (χ3n) is 2.45. The minimum Gasteiger partial charge on any atom is -0.348 e. The van der Waals surface area contributed by atoms with Crippen molar-refractivity contribution < 1.29 is 4.79 Å². The number of hydrogen-bond donors (Lipinski definition) is 0. The Hall–Kier alpha value is -1.57. The van der Waals surface area contributed by atoms with Crippen LogP contribution in [0.3, 0.4) is 0 Å². The van der Waals surface area contributed by atoms with E-state index < -0.39 is 0 Å². The molecule has 0 aromatic carbocycles. The Labute approximate surface area is 97.6 Å². The maximum Gasteiger partial charge on any atom is 0.161 e. The van der Waals surface area contributed by atoms with E-state index in [1.807, 2.05) is 29.5 Å². The van der Waals surface area contributed by atoms with E-state index in [0.717, 1.165) is 11.1 Å². The Kier molecular flexibility index (Phi) is 3.53. The van der Waals surface area contributed by atoms with Crippen LogP contribution in [0.4, 0.5) is 0 Å². The predicted octanol–water partition coefficient (Wildman–Crippen LogP) is 3.20. The van der Waals surface area contributed by atoms with E-state index in [-0.39, 0.29) is 11.3 Å². The fraction of sp³-hybridized carbons (Fsp3) is 0.357. The number of Topliss-reactive ketones (excluding diaryl/α,β-unsaturated/α-hetero) is 1. The molecule has 0 spiro atoms. The van der Waals surface area contributed by atoms with Crippen molar-refractivity contribution in [2.75, 3.05) is 0 Å². The van der Waals surface area contributed by atoms with Crippen LogP contribution >= 0.6 is 0 Å². The van der Waals surface area contributed by atoms with Crippen molar-refractivity contribution in [1.29, 1.82) is 0 Å². The van der Waals surface area contributed by atoms with Crippen molar-refractivity contribution in [2.45, 2.75) is 33.2 Å². The molecule has 0 fully saturated rings. The van der Waals surface area contributed by atoms with Crippen molar-refractivity contribution in [1.82, 2.24) is 4.90 Å². The lowest BCUT2D eigenvalue weighted by atomic mass is 9.98. The van der Waals surface area contributed by atoms with Gasteiger partial charge in [-0.05, 0) is 39.3 Å². The lowest BCUT2D eigenvalue weighted by Gasteiger charge is -2.34. The summed E-state index contributed by atoms with van der Waals surface area (Å²) in [5.41, 5.74) is 1.64. The monoisotopic (exact) mass is 217 g/mol. The average Bonchev–Trinajstić information content (AvgIpc) is 2.16. The Morgan fingerprint density at radius 3 is 2.50 bits per heavy atom. The maximum absolute atomic E-state index is 11.6. The molecule has 86 valence electrons. The number of allylic oxidation sites excluding steroid dienone is 5. The molecule has 2 nitrogen and oxygen atoms in total. The van der Waals surface area contributed by atoms with Crippen molar-refractivity contribution in [3.05, 3.63) is 48.4 Å². The quantitative estimate of drug-likeness (QED) is 0.708. The highest BCUT2D eigenvalue weighted by atomic mass is 16.1. The van der Waals surface area contributed by atoms with E-state index in [9.17, 15) is 4.79 Å². The predicted molar refractivity (Wildman–Crippen MR) is 67.8 cm³/mol. The second kappa shape index (κ2) is 4.52. The van der Waals surface area contributed by atoms with Crippen LogP contribution in [-0.4, -0.2) is 16.2 Å². The molecule has 16 heavy (non-hydrogen) atoms. The highest BCUT2D eigenvalue weighted by Crippen LogP contribution is 2.25. The molecule has 0 aromatic rings. The molecule has 0 amide bonds. The fourth-order valence-corrected chi connectivity index (χ4v) is 1.49. The van der Waals surface area contributed by atoms with Gasteiger partial charge in [0.05, 0.1) is 0 Å². The Morgan fingerprint density at radius 1 is 1.44 bits per heavy atom. The molecular formula is C14H19NO. The second-order valence-corrected chi connectivity index (χ2v) is 4.85. The third-order valence-corrected chi connectivity index (χ3v) is 2.45. The molecule has 0 radical (unpaired) electrons. The third kappa shape index (κ3) is 2.72.